The largest absolute Gasteiger partial charge is 0.462 e. The van der Waals surface area contributed by atoms with Gasteiger partial charge in [0.15, 0.2) is 0 Å². The lowest BCUT2D eigenvalue weighted by Gasteiger charge is -2.13. The predicted octanol–water partition coefficient (Wildman–Crippen LogP) is 5.37. The Kier molecular flexibility index (Phi) is 5.81. The van der Waals surface area contributed by atoms with Crippen molar-refractivity contribution in [3.63, 3.8) is 0 Å². The fourth-order valence-corrected chi connectivity index (χ4v) is 4.02. The summed E-state index contributed by atoms with van der Waals surface area (Å²) >= 11 is 1.35. The second-order valence-electron chi connectivity index (χ2n) is 6.83. The van der Waals surface area contributed by atoms with E-state index in [4.69, 9.17) is 14.1 Å². The maximum absolute atomic E-state index is 12.6. The number of pyridine rings is 1. The van der Waals surface area contributed by atoms with Gasteiger partial charge in [-0.25, -0.2) is 4.79 Å². The van der Waals surface area contributed by atoms with Gasteiger partial charge in [-0.3, -0.25) is 4.98 Å². The summed E-state index contributed by atoms with van der Waals surface area (Å²) in [5.41, 5.74) is 4.84. The van der Waals surface area contributed by atoms with Crippen LogP contribution in [0.15, 0.2) is 58.2 Å². The Balaban J connectivity index is 1.64. The quantitative estimate of drug-likeness (QED) is 0.307. The number of nitrogens with zero attached hydrogens (tertiary/aromatic N) is 3. The Morgan fingerprint density at radius 3 is 2.73 bits per heavy atom. The van der Waals surface area contributed by atoms with Gasteiger partial charge in [-0.1, -0.05) is 47.7 Å². The van der Waals surface area contributed by atoms with Crippen molar-refractivity contribution in [1.82, 2.24) is 15.2 Å². The number of hydrogen-bond acceptors (Lipinski definition) is 7. The Morgan fingerprint density at radius 2 is 1.93 bits per heavy atom. The lowest BCUT2D eigenvalue weighted by molar-refractivity contribution is 0.0524. The van der Waals surface area contributed by atoms with Crippen molar-refractivity contribution in [3.8, 4) is 11.5 Å². The van der Waals surface area contributed by atoms with Crippen molar-refractivity contribution in [1.29, 1.82) is 0 Å². The topological polar surface area (TPSA) is 78.1 Å². The number of thioether (sulfide) groups is 1. The average Bonchev–Trinajstić information content (AvgIpc) is 3.21. The molecule has 0 saturated heterocycles. The van der Waals surface area contributed by atoms with Crippen LogP contribution >= 0.6 is 11.8 Å². The second kappa shape index (κ2) is 8.67. The minimum Gasteiger partial charge on any atom is -0.462 e. The minimum atomic E-state index is -0.366. The van der Waals surface area contributed by atoms with E-state index in [1.165, 1.54) is 11.8 Å². The van der Waals surface area contributed by atoms with E-state index in [1.807, 2.05) is 62.4 Å². The summed E-state index contributed by atoms with van der Waals surface area (Å²) in [6, 6.07) is 15.7. The lowest BCUT2D eigenvalue weighted by atomic mass is 10.0. The van der Waals surface area contributed by atoms with Crippen molar-refractivity contribution in [2.24, 2.45) is 0 Å². The fraction of sp³-hybridized carbons (Fsp3) is 0.217. The van der Waals surface area contributed by atoms with Crippen molar-refractivity contribution in [3.05, 3.63) is 70.9 Å². The second-order valence-corrected chi connectivity index (χ2v) is 7.75. The molecule has 0 spiro atoms. The Bertz CT molecular complexity index is 1220. The molecule has 0 unspecified atom stereocenters. The molecule has 0 amide bonds. The molecule has 4 aromatic rings. The summed E-state index contributed by atoms with van der Waals surface area (Å²) in [6.45, 7) is 6.04. The van der Waals surface area contributed by atoms with Crippen molar-refractivity contribution >= 4 is 28.6 Å². The zero-order chi connectivity index (χ0) is 21.1. The first-order valence-electron chi connectivity index (χ1n) is 9.65. The zero-order valence-corrected chi connectivity index (χ0v) is 17.8. The number of para-hydroxylation sites is 1. The van der Waals surface area contributed by atoms with Crippen LogP contribution in [0.3, 0.4) is 0 Å². The molecule has 7 heteroatoms. The number of carbonyl (C=O) groups excluding carboxylic acids is 1. The summed E-state index contributed by atoms with van der Waals surface area (Å²) in [5, 5.41) is 9.64. The van der Waals surface area contributed by atoms with Crippen LogP contribution in [0.1, 0.15) is 34.1 Å². The van der Waals surface area contributed by atoms with Crippen molar-refractivity contribution in [2.45, 2.75) is 31.7 Å². The average molecular weight is 420 g/mol. The van der Waals surface area contributed by atoms with Gasteiger partial charge < -0.3 is 9.15 Å². The first kappa shape index (κ1) is 20.1. The SMILES string of the molecule is CCOC(=O)c1c(CSc2nnc(-c3cccc(C)c3)o2)nc2ccccc2c1C. The van der Waals surface area contributed by atoms with Crippen LogP contribution in [0.4, 0.5) is 0 Å². The molecule has 0 fully saturated rings. The number of fused-ring (bicyclic) bond motifs is 1. The molecule has 4 rings (SSSR count). The van der Waals surface area contributed by atoms with Crippen LogP contribution in [0.25, 0.3) is 22.4 Å². The van der Waals surface area contributed by atoms with E-state index in [2.05, 4.69) is 10.2 Å². The van der Waals surface area contributed by atoms with Crippen LogP contribution in [0.5, 0.6) is 0 Å². The molecular weight excluding hydrogens is 398 g/mol. The van der Waals surface area contributed by atoms with Crippen LogP contribution in [0.2, 0.25) is 0 Å². The normalized spacial score (nSPS) is 11.0. The smallest absolute Gasteiger partial charge is 0.340 e. The first-order valence-corrected chi connectivity index (χ1v) is 10.6. The summed E-state index contributed by atoms with van der Waals surface area (Å²) in [6.07, 6.45) is 0. The maximum Gasteiger partial charge on any atom is 0.340 e. The number of rotatable bonds is 6. The molecular formula is C23H21N3O3S. The fourth-order valence-electron chi connectivity index (χ4n) is 3.31. The van der Waals surface area contributed by atoms with Crippen LogP contribution < -0.4 is 0 Å². The number of benzene rings is 2. The molecule has 6 nitrogen and oxygen atoms in total. The van der Waals surface area contributed by atoms with Gasteiger partial charge >= 0.3 is 5.97 Å². The Labute approximate surface area is 178 Å². The highest BCUT2D eigenvalue weighted by molar-refractivity contribution is 7.98. The van der Waals surface area contributed by atoms with Gasteiger partial charge in [0.2, 0.25) is 5.89 Å². The van der Waals surface area contributed by atoms with Crippen LogP contribution in [-0.2, 0) is 10.5 Å². The van der Waals surface area contributed by atoms with Crippen molar-refractivity contribution in [2.75, 3.05) is 6.61 Å². The molecule has 2 aromatic carbocycles. The highest BCUT2D eigenvalue weighted by Crippen LogP contribution is 2.30. The molecule has 30 heavy (non-hydrogen) atoms. The number of esters is 1. The third kappa shape index (κ3) is 4.07. The molecule has 2 heterocycles. The number of ether oxygens (including phenoxy) is 1. The van der Waals surface area contributed by atoms with E-state index in [1.54, 1.807) is 6.92 Å². The first-order chi connectivity index (χ1) is 14.6. The van der Waals surface area contributed by atoms with Crippen LogP contribution in [0, 0.1) is 13.8 Å². The van der Waals surface area contributed by atoms with Gasteiger partial charge in [-0.15, -0.1) is 10.2 Å². The number of aromatic nitrogens is 3. The molecule has 0 N–H and O–H groups in total. The molecule has 0 aliphatic rings. The van der Waals surface area contributed by atoms with Crippen LogP contribution in [-0.4, -0.2) is 27.8 Å². The summed E-state index contributed by atoms with van der Waals surface area (Å²) in [4.78, 5) is 17.4. The van der Waals surface area contributed by atoms with E-state index < -0.39 is 0 Å². The third-order valence-electron chi connectivity index (χ3n) is 4.71. The third-order valence-corrected chi connectivity index (χ3v) is 5.54. The maximum atomic E-state index is 12.6. The molecule has 0 atom stereocenters. The van der Waals surface area contributed by atoms with Crippen molar-refractivity contribution < 1.29 is 13.9 Å². The molecule has 0 aliphatic carbocycles. The standard InChI is InChI=1S/C23H21N3O3S/c1-4-28-22(27)20-15(3)17-10-5-6-11-18(17)24-19(20)13-30-23-26-25-21(29-23)16-9-7-8-14(2)12-16/h5-12H,4,13H2,1-3H3. The Morgan fingerprint density at radius 1 is 1.10 bits per heavy atom. The van der Waals surface area contributed by atoms with Gasteiger partial charge in [-0.2, -0.15) is 0 Å². The summed E-state index contributed by atoms with van der Waals surface area (Å²) in [7, 11) is 0. The van der Waals surface area contributed by atoms with Gasteiger partial charge in [0.1, 0.15) is 0 Å². The highest BCUT2D eigenvalue weighted by Gasteiger charge is 2.21. The van der Waals surface area contributed by atoms with E-state index in [9.17, 15) is 4.79 Å². The monoisotopic (exact) mass is 419 g/mol. The zero-order valence-electron chi connectivity index (χ0n) is 17.0. The van der Waals surface area contributed by atoms with Gasteiger partial charge in [0.05, 0.1) is 23.4 Å². The van der Waals surface area contributed by atoms with E-state index in [0.29, 0.717) is 34.7 Å². The number of aryl methyl sites for hydroxylation is 2. The van der Waals surface area contributed by atoms with Gasteiger partial charge in [-0.05, 0) is 44.5 Å². The minimum absolute atomic E-state index is 0.307. The molecule has 0 bridgehead atoms. The Hall–Kier alpha value is -3.19. The van der Waals surface area contributed by atoms with Gasteiger partial charge in [0, 0.05) is 16.7 Å². The molecule has 152 valence electrons. The van der Waals surface area contributed by atoms with E-state index in [-0.39, 0.29) is 5.97 Å². The lowest BCUT2D eigenvalue weighted by Crippen LogP contribution is -2.12. The number of carbonyl (C=O) groups is 1. The number of hydrogen-bond donors (Lipinski definition) is 0. The van der Waals surface area contributed by atoms with Gasteiger partial charge in [0.25, 0.3) is 5.22 Å². The van der Waals surface area contributed by atoms with E-state index >= 15 is 0 Å². The molecule has 2 aromatic heterocycles. The highest BCUT2D eigenvalue weighted by atomic mass is 32.2. The molecule has 0 saturated carbocycles. The molecule has 0 aliphatic heterocycles. The summed E-state index contributed by atoms with van der Waals surface area (Å²) in [5.74, 6) is 0.513. The summed E-state index contributed by atoms with van der Waals surface area (Å²) < 4.78 is 11.1. The molecule has 0 radical (unpaired) electrons. The predicted molar refractivity (Wildman–Crippen MR) is 116 cm³/mol. The van der Waals surface area contributed by atoms with E-state index in [0.717, 1.165) is 27.6 Å².